The number of aliphatic hydroxyl groups is 1. The van der Waals surface area contributed by atoms with E-state index in [-0.39, 0.29) is 12.1 Å². The Labute approximate surface area is 216 Å². The number of likely N-dealkylation sites (tertiary alicyclic amines) is 1. The summed E-state index contributed by atoms with van der Waals surface area (Å²) in [5.41, 5.74) is 0.198. The molecule has 1 spiro atoms. The molecule has 194 valence electrons. The number of rotatable bonds is 10. The van der Waals surface area contributed by atoms with Gasteiger partial charge in [-0.05, 0) is 49.6 Å². The molecule has 0 saturated carbocycles. The van der Waals surface area contributed by atoms with Crippen molar-refractivity contribution in [3.8, 4) is 5.75 Å². The van der Waals surface area contributed by atoms with E-state index in [0.717, 1.165) is 5.56 Å². The van der Waals surface area contributed by atoms with E-state index in [1.807, 2.05) is 26.0 Å². The maximum atomic E-state index is 14.3. The molecule has 1 saturated heterocycles. The second kappa shape index (κ2) is 10.6. The largest absolute Gasteiger partial charge is 0.507 e. The number of fused-ring (bicyclic) bond motifs is 2. The number of aryl methyl sites for hydroxylation is 1. The zero-order chi connectivity index (χ0) is 26.7. The fourth-order valence-electron chi connectivity index (χ4n) is 5.23. The third kappa shape index (κ3) is 4.11. The van der Waals surface area contributed by atoms with Crippen LogP contribution < -0.4 is 9.64 Å². The van der Waals surface area contributed by atoms with Crippen molar-refractivity contribution in [2.75, 3.05) is 38.3 Å². The molecule has 0 aromatic heterocycles. The summed E-state index contributed by atoms with van der Waals surface area (Å²) in [6.07, 6.45) is 2.73. The van der Waals surface area contributed by atoms with E-state index < -0.39 is 28.9 Å². The van der Waals surface area contributed by atoms with Crippen molar-refractivity contribution in [1.29, 1.82) is 0 Å². The second-order valence-corrected chi connectivity index (χ2v) is 9.12. The molecule has 37 heavy (non-hydrogen) atoms. The molecular weight excluding hydrogens is 472 g/mol. The van der Waals surface area contributed by atoms with Crippen LogP contribution in [-0.4, -0.2) is 61.0 Å². The summed E-state index contributed by atoms with van der Waals surface area (Å²) >= 11 is 0. The summed E-state index contributed by atoms with van der Waals surface area (Å²) in [5, 5.41) is 11.6. The maximum absolute atomic E-state index is 14.3. The summed E-state index contributed by atoms with van der Waals surface area (Å²) in [4.78, 5) is 44.2. The van der Waals surface area contributed by atoms with Gasteiger partial charge in [-0.25, -0.2) is 0 Å². The fraction of sp³-hybridized carbons (Fsp3) is 0.345. The van der Waals surface area contributed by atoms with E-state index >= 15 is 0 Å². The zero-order valence-electron chi connectivity index (χ0n) is 21.5. The number of ketones is 1. The molecule has 4 rings (SSSR count). The Hall–Kier alpha value is -3.91. The summed E-state index contributed by atoms with van der Waals surface area (Å²) in [5.74, 6) is -1.92. The number of Topliss-reactive ketones (excluding diaryl/α,β-unsaturated/α-hetero) is 1. The van der Waals surface area contributed by atoms with Gasteiger partial charge in [0.15, 0.2) is 5.54 Å². The van der Waals surface area contributed by atoms with Crippen LogP contribution in [0.1, 0.15) is 36.5 Å². The minimum atomic E-state index is -1.76. The van der Waals surface area contributed by atoms with E-state index in [0.29, 0.717) is 55.2 Å². The van der Waals surface area contributed by atoms with Gasteiger partial charge in [0.1, 0.15) is 18.1 Å². The van der Waals surface area contributed by atoms with Gasteiger partial charge in [-0.2, -0.15) is 0 Å². The maximum Gasteiger partial charge on any atom is 0.296 e. The van der Waals surface area contributed by atoms with E-state index in [1.54, 1.807) is 48.4 Å². The van der Waals surface area contributed by atoms with Crippen molar-refractivity contribution in [2.24, 2.45) is 0 Å². The summed E-state index contributed by atoms with van der Waals surface area (Å²) in [6, 6.07) is 12.1. The lowest BCUT2D eigenvalue weighted by Gasteiger charge is -2.34. The first kappa shape index (κ1) is 26.2. The molecule has 1 fully saturated rings. The number of aliphatic hydroxyl groups excluding tert-OH is 1. The summed E-state index contributed by atoms with van der Waals surface area (Å²) < 4.78 is 10.8. The van der Waals surface area contributed by atoms with Crippen molar-refractivity contribution in [3.05, 3.63) is 77.4 Å². The number of anilines is 1. The quantitative estimate of drug-likeness (QED) is 0.173. The monoisotopic (exact) mass is 504 g/mol. The average molecular weight is 505 g/mol. The molecule has 2 heterocycles. The molecule has 0 bridgehead atoms. The topological polar surface area (TPSA) is 96.4 Å². The van der Waals surface area contributed by atoms with E-state index in [4.69, 9.17) is 9.47 Å². The van der Waals surface area contributed by atoms with Gasteiger partial charge in [-0.3, -0.25) is 14.4 Å². The molecule has 1 atom stereocenters. The molecule has 8 heteroatoms. The lowest BCUT2D eigenvalue weighted by Crippen LogP contribution is -2.52. The SMILES string of the molecule is C=CCOc1ccc(/C(O)=C2\C(=O)C(=O)N(CCCOC)C23C(=O)N(CCC)c2ccccc23)cc1C. The van der Waals surface area contributed by atoms with Gasteiger partial charge in [0, 0.05) is 37.9 Å². The van der Waals surface area contributed by atoms with Gasteiger partial charge in [-0.1, -0.05) is 37.8 Å². The third-order valence-corrected chi connectivity index (χ3v) is 6.79. The lowest BCUT2D eigenvalue weighted by molar-refractivity contribution is -0.143. The predicted octanol–water partition coefficient (Wildman–Crippen LogP) is 3.93. The number of hydrogen-bond donors (Lipinski definition) is 1. The van der Waals surface area contributed by atoms with E-state index in [1.165, 1.54) is 4.90 Å². The number of nitrogens with zero attached hydrogens (tertiary/aromatic N) is 2. The van der Waals surface area contributed by atoms with Crippen LogP contribution in [0.25, 0.3) is 5.76 Å². The number of amides is 2. The molecular formula is C29H32N2O6. The predicted molar refractivity (Wildman–Crippen MR) is 140 cm³/mol. The Kier molecular flexibility index (Phi) is 7.50. The Bertz CT molecular complexity index is 1280. The zero-order valence-corrected chi connectivity index (χ0v) is 21.5. The standard InChI is InChI=1S/C29H32N2O6/c1-5-14-30-22-11-8-7-10-21(22)29(28(30)35)24(26(33)27(34)31(29)15-9-17-36-4)25(32)20-12-13-23(19(3)18-20)37-16-6-2/h6-8,10-13,18,32H,2,5,9,14-17H2,1,3-4H3/b25-24-. The first-order chi connectivity index (χ1) is 17.8. The Morgan fingerprint density at radius 3 is 2.57 bits per heavy atom. The second-order valence-electron chi connectivity index (χ2n) is 9.12. The Morgan fingerprint density at radius 2 is 1.89 bits per heavy atom. The number of para-hydroxylation sites is 1. The number of ether oxygens (including phenoxy) is 2. The highest BCUT2D eigenvalue weighted by molar-refractivity contribution is 6.50. The van der Waals surface area contributed by atoms with Gasteiger partial charge in [0.2, 0.25) is 0 Å². The molecule has 0 aliphatic carbocycles. The van der Waals surface area contributed by atoms with Crippen molar-refractivity contribution in [2.45, 2.75) is 32.2 Å². The van der Waals surface area contributed by atoms with Crippen molar-refractivity contribution >= 4 is 29.0 Å². The lowest BCUT2D eigenvalue weighted by atomic mass is 9.81. The molecule has 8 nitrogen and oxygen atoms in total. The molecule has 1 unspecified atom stereocenters. The van der Waals surface area contributed by atoms with Crippen LogP contribution in [0.4, 0.5) is 5.69 Å². The minimum Gasteiger partial charge on any atom is -0.507 e. The number of hydrogen-bond acceptors (Lipinski definition) is 6. The highest BCUT2D eigenvalue weighted by Crippen LogP contribution is 2.53. The van der Waals surface area contributed by atoms with E-state index in [9.17, 15) is 19.5 Å². The van der Waals surface area contributed by atoms with Crippen LogP contribution in [0.2, 0.25) is 0 Å². The minimum absolute atomic E-state index is 0.114. The molecule has 0 radical (unpaired) electrons. The first-order valence-electron chi connectivity index (χ1n) is 12.4. The van der Waals surface area contributed by atoms with Crippen molar-refractivity contribution < 1.29 is 29.0 Å². The fourth-order valence-corrected chi connectivity index (χ4v) is 5.23. The molecule has 2 aromatic carbocycles. The Morgan fingerprint density at radius 1 is 1.14 bits per heavy atom. The average Bonchev–Trinajstić information content (AvgIpc) is 3.27. The number of benzene rings is 2. The van der Waals surface area contributed by atoms with Gasteiger partial charge in [0.05, 0.1) is 11.3 Å². The molecule has 2 amide bonds. The van der Waals surface area contributed by atoms with Crippen LogP contribution in [0.3, 0.4) is 0 Å². The van der Waals surface area contributed by atoms with Gasteiger partial charge in [-0.15, -0.1) is 0 Å². The molecule has 2 aromatic rings. The highest BCUT2D eigenvalue weighted by atomic mass is 16.5. The van der Waals surface area contributed by atoms with Crippen LogP contribution in [0, 0.1) is 6.92 Å². The smallest absolute Gasteiger partial charge is 0.296 e. The van der Waals surface area contributed by atoms with Gasteiger partial charge >= 0.3 is 0 Å². The van der Waals surface area contributed by atoms with Gasteiger partial charge in [0.25, 0.3) is 17.6 Å². The van der Waals surface area contributed by atoms with Crippen LogP contribution in [0.15, 0.2) is 60.7 Å². The number of methoxy groups -OCH3 is 1. The van der Waals surface area contributed by atoms with Gasteiger partial charge < -0.3 is 24.4 Å². The first-order valence-corrected chi connectivity index (χ1v) is 12.4. The Balaban J connectivity index is 1.96. The van der Waals surface area contributed by atoms with Crippen LogP contribution in [0.5, 0.6) is 5.75 Å². The normalized spacial score (nSPS) is 20.1. The summed E-state index contributed by atoms with van der Waals surface area (Å²) in [6.45, 7) is 8.60. The summed E-state index contributed by atoms with van der Waals surface area (Å²) in [7, 11) is 1.55. The molecule has 1 N–H and O–H groups in total. The van der Waals surface area contributed by atoms with Crippen LogP contribution >= 0.6 is 0 Å². The molecule has 2 aliphatic heterocycles. The highest BCUT2D eigenvalue weighted by Gasteiger charge is 2.66. The number of carbonyl (C=O) groups excluding carboxylic acids is 3. The third-order valence-electron chi connectivity index (χ3n) is 6.79. The molecule has 2 aliphatic rings. The number of carbonyl (C=O) groups is 3. The van der Waals surface area contributed by atoms with E-state index in [2.05, 4.69) is 6.58 Å². The van der Waals surface area contributed by atoms with Crippen LogP contribution in [-0.2, 0) is 24.7 Å². The van der Waals surface area contributed by atoms with Crippen molar-refractivity contribution in [1.82, 2.24) is 4.90 Å². The van der Waals surface area contributed by atoms with Crippen molar-refractivity contribution in [3.63, 3.8) is 0 Å².